The molecule has 0 aliphatic heterocycles. The number of ether oxygens (including phenoxy) is 3. The van der Waals surface area contributed by atoms with Crippen LogP contribution in [0.3, 0.4) is 0 Å². The predicted octanol–water partition coefficient (Wildman–Crippen LogP) is 24.6. The number of carbonyl (C=O) groups excluding carboxylic acids is 3. The van der Waals surface area contributed by atoms with Gasteiger partial charge in [-0.25, -0.2) is 0 Å². The van der Waals surface area contributed by atoms with Crippen LogP contribution in [0.4, 0.5) is 0 Å². The Balaban J connectivity index is 4.22. The Hall–Kier alpha value is -3.41. The highest BCUT2D eigenvalue weighted by Crippen LogP contribution is 2.18. The van der Waals surface area contributed by atoms with Crippen molar-refractivity contribution in [2.45, 2.75) is 367 Å². The van der Waals surface area contributed by atoms with Crippen LogP contribution in [0.15, 0.2) is 85.1 Å². The van der Waals surface area contributed by atoms with Gasteiger partial charge in [0.25, 0.3) is 0 Å². The number of hydrogen-bond acceptors (Lipinski definition) is 6. The highest BCUT2D eigenvalue weighted by molar-refractivity contribution is 5.71. The molecular weight excluding hydrogens is 1010 g/mol. The van der Waals surface area contributed by atoms with Crippen molar-refractivity contribution in [3.8, 4) is 0 Å². The topological polar surface area (TPSA) is 78.9 Å². The lowest BCUT2D eigenvalue weighted by Crippen LogP contribution is -2.30. The summed E-state index contributed by atoms with van der Waals surface area (Å²) < 4.78 is 17.0. The number of allylic oxidation sites excluding steroid dienone is 14. The first-order valence-electron chi connectivity index (χ1n) is 35.6. The van der Waals surface area contributed by atoms with E-state index in [1.54, 1.807) is 0 Å². The summed E-state index contributed by atoms with van der Waals surface area (Å²) in [5.74, 6) is -0.858. The van der Waals surface area contributed by atoms with Gasteiger partial charge in [-0.15, -0.1) is 0 Å². The molecule has 0 saturated carbocycles. The molecule has 6 nitrogen and oxygen atoms in total. The Bertz CT molecular complexity index is 1550. The third-order valence-corrected chi connectivity index (χ3v) is 15.7. The van der Waals surface area contributed by atoms with E-state index < -0.39 is 6.10 Å². The van der Waals surface area contributed by atoms with Gasteiger partial charge in [-0.2, -0.15) is 0 Å². The average molecular weight is 1140 g/mol. The molecule has 0 N–H and O–H groups in total. The summed E-state index contributed by atoms with van der Waals surface area (Å²) in [5.41, 5.74) is 0. The third kappa shape index (κ3) is 67.4. The standard InChI is InChI=1S/C76H134O6/c1-4-7-10-13-16-19-22-24-26-28-30-32-34-35-36-37-38-39-40-41-42-44-45-47-49-51-54-57-60-63-66-69-75(78)81-72-73(71-80-74(77)68-65-62-59-56-53-21-18-15-12-9-6-3)82-76(79)70-67-64-61-58-55-52-50-48-46-43-33-31-29-27-25-23-20-17-14-11-8-5-2/h7,10,16,19,24,26,30,32,35-36,38-39,41-42,73H,4-6,8-9,11-15,17-18,20-23,25,27-29,31,33-34,37,40,43-72H2,1-3H3/b10-7-,19-16-,26-24-,32-30-,36-35-,39-38-,42-41-. The maximum Gasteiger partial charge on any atom is 0.306 e. The fourth-order valence-corrected chi connectivity index (χ4v) is 10.4. The summed E-state index contributed by atoms with van der Waals surface area (Å²) in [6, 6.07) is 0. The van der Waals surface area contributed by atoms with E-state index >= 15 is 0 Å². The molecule has 0 aromatic carbocycles. The van der Waals surface area contributed by atoms with Crippen molar-refractivity contribution in [3.63, 3.8) is 0 Å². The number of rotatable bonds is 65. The molecule has 474 valence electrons. The summed E-state index contributed by atoms with van der Waals surface area (Å²) in [6.07, 6.45) is 93.3. The molecule has 0 heterocycles. The van der Waals surface area contributed by atoms with Gasteiger partial charge in [0.15, 0.2) is 6.10 Å². The molecule has 0 radical (unpaired) electrons. The van der Waals surface area contributed by atoms with Crippen LogP contribution >= 0.6 is 0 Å². The lowest BCUT2D eigenvalue weighted by molar-refractivity contribution is -0.167. The van der Waals surface area contributed by atoms with E-state index in [1.807, 2.05) is 0 Å². The molecule has 0 aromatic heterocycles. The zero-order valence-electron chi connectivity index (χ0n) is 54.5. The van der Waals surface area contributed by atoms with Crippen molar-refractivity contribution in [2.24, 2.45) is 0 Å². The van der Waals surface area contributed by atoms with Crippen LogP contribution in [0.2, 0.25) is 0 Å². The van der Waals surface area contributed by atoms with Crippen LogP contribution in [-0.4, -0.2) is 37.2 Å². The normalized spacial score (nSPS) is 12.6. The van der Waals surface area contributed by atoms with Crippen LogP contribution < -0.4 is 0 Å². The molecule has 0 aliphatic carbocycles. The van der Waals surface area contributed by atoms with E-state index in [0.29, 0.717) is 19.3 Å². The minimum Gasteiger partial charge on any atom is -0.462 e. The summed E-state index contributed by atoms with van der Waals surface area (Å²) in [4.78, 5) is 38.4. The summed E-state index contributed by atoms with van der Waals surface area (Å²) >= 11 is 0. The predicted molar refractivity (Wildman–Crippen MR) is 358 cm³/mol. The monoisotopic (exact) mass is 1140 g/mol. The number of esters is 3. The second-order valence-corrected chi connectivity index (χ2v) is 23.8. The zero-order valence-corrected chi connectivity index (χ0v) is 54.5. The molecule has 0 saturated heterocycles. The van der Waals surface area contributed by atoms with E-state index in [2.05, 4.69) is 106 Å². The Morgan fingerprint density at radius 1 is 0.256 bits per heavy atom. The molecule has 0 fully saturated rings. The average Bonchev–Trinajstić information content (AvgIpc) is 3.47. The van der Waals surface area contributed by atoms with Crippen LogP contribution in [-0.2, 0) is 28.6 Å². The minimum atomic E-state index is -0.776. The minimum absolute atomic E-state index is 0.0724. The lowest BCUT2D eigenvalue weighted by atomic mass is 10.0. The first-order valence-corrected chi connectivity index (χ1v) is 35.6. The Morgan fingerprint density at radius 3 is 0.744 bits per heavy atom. The van der Waals surface area contributed by atoms with Crippen molar-refractivity contribution < 1.29 is 28.6 Å². The first-order chi connectivity index (χ1) is 40.5. The van der Waals surface area contributed by atoms with E-state index in [9.17, 15) is 14.4 Å². The van der Waals surface area contributed by atoms with Gasteiger partial charge in [-0.1, -0.05) is 350 Å². The van der Waals surface area contributed by atoms with E-state index in [0.717, 1.165) is 109 Å². The van der Waals surface area contributed by atoms with Crippen molar-refractivity contribution in [3.05, 3.63) is 85.1 Å². The lowest BCUT2D eigenvalue weighted by Gasteiger charge is -2.18. The van der Waals surface area contributed by atoms with E-state index in [-0.39, 0.29) is 31.1 Å². The molecule has 0 rings (SSSR count). The summed E-state index contributed by atoms with van der Waals surface area (Å²) in [6.45, 7) is 6.57. The largest absolute Gasteiger partial charge is 0.462 e. The smallest absolute Gasteiger partial charge is 0.306 e. The molecule has 1 unspecified atom stereocenters. The van der Waals surface area contributed by atoms with Crippen LogP contribution in [0.1, 0.15) is 361 Å². The molecule has 1 atom stereocenters. The molecule has 6 heteroatoms. The second-order valence-electron chi connectivity index (χ2n) is 23.8. The van der Waals surface area contributed by atoms with Gasteiger partial charge >= 0.3 is 17.9 Å². The zero-order chi connectivity index (χ0) is 59.2. The maximum atomic E-state index is 12.9. The molecular formula is C76H134O6. The van der Waals surface area contributed by atoms with E-state index in [1.165, 1.54) is 212 Å². The van der Waals surface area contributed by atoms with E-state index in [4.69, 9.17) is 14.2 Å². The van der Waals surface area contributed by atoms with Gasteiger partial charge < -0.3 is 14.2 Å². The summed E-state index contributed by atoms with van der Waals surface area (Å²) in [7, 11) is 0. The van der Waals surface area contributed by atoms with Crippen molar-refractivity contribution >= 4 is 17.9 Å². The SMILES string of the molecule is CC/C=C\C/C=C\C/C=C\C/C=C\C/C=C\C/C=C\C/C=C\CCCCCCCCCCCC(=O)OCC(COC(=O)CCCCCCCCCCCCC)OC(=O)CCCCCCCCCCCCCCCCCCCCCCCC. The van der Waals surface area contributed by atoms with Crippen LogP contribution in [0.5, 0.6) is 0 Å². The second kappa shape index (κ2) is 70.1. The highest BCUT2D eigenvalue weighted by atomic mass is 16.6. The number of carbonyl (C=O) groups is 3. The third-order valence-electron chi connectivity index (χ3n) is 15.7. The molecule has 82 heavy (non-hydrogen) atoms. The van der Waals surface area contributed by atoms with Gasteiger partial charge in [0, 0.05) is 19.3 Å². The molecule has 0 bridgehead atoms. The highest BCUT2D eigenvalue weighted by Gasteiger charge is 2.19. The van der Waals surface area contributed by atoms with Crippen molar-refractivity contribution in [1.82, 2.24) is 0 Å². The number of unbranched alkanes of at least 4 members (excludes halogenated alkanes) is 40. The fraction of sp³-hybridized carbons (Fsp3) is 0.776. The molecule has 0 aliphatic rings. The van der Waals surface area contributed by atoms with Gasteiger partial charge in [-0.05, 0) is 77.0 Å². The van der Waals surface area contributed by atoms with Crippen LogP contribution in [0.25, 0.3) is 0 Å². The Labute approximate surface area is 509 Å². The van der Waals surface area contributed by atoms with Gasteiger partial charge in [0.05, 0.1) is 0 Å². The fourth-order valence-electron chi connectivity index (χ4n) is 10.4. The van der Waals surface area contributed by atoms with Crippen LogP contribution in [0, 0.1) is 0 Å². The number of hydrogen-bond donors (Lipinski definition) is 0. The first kappa shape index (κ1) is 78.6. The summed E-state index contributed by atoms with van der Waals surface area (Å²) in [5, 5.41) is 0. The van der Waals surface area contributed by atoms with Gasteiger partial charge in [0.1, 0.15) is 13.2 Å². The van der Waals surface area contributed by atoms with Crippen molar-refractivity contribution in [1.29, 1.82) is 0 Å². The Kier molecular flexibility index (Phi) is 67.2. The van der Waals surface area contributed by atoms with Gasteiger partial charge in [-0.3, -0.25) is 14.4 Å². The molecule has 0 aromatic rings. The van der Waals surface area contributed by atoms with Gasteiger partial charge in [0.2, 0.25) is 0 Å². The molecule has 0 spiro atoms. The Morgan fingerprint density at radius 2 is 0.476 bits per heavy atom. The maximum absolute atomic E-state index is 12.9. The molecule has 0 amide bonds. The quantitative estimate of drug-likeness (QED) is 0.0261. The van der Waals surface area contributed by atoms with Crippen molar-refractivity contribution in [2.75, 3.05) is 13.2 Å².